The second-order valence-corrected chi connectivity index (χ2v) is 6.00. The summed E-state index contributed by atoms with van der Waals surface area (Å²) in [5.41, 5.74) is 0.0881. The maximum Gasteiger partial charge on any atom is 0.262 e. The van der Waals surface area contributed by atoms with Crippen LogP contribution < -0.4 is 24.8 Å². The fraction of sp³-hybridized carbons (Fsp3) is 0.333. The van der Waals surface area contributed by atoms with Gasteiger partial charge in [0.2, 0.25) is 11.8 Å². The van der Waals surface area contributed by atoms with Crippen molar-refractivity contribution in [1.82, 2.24) is 20.6 Å². The molecule has 0 aliphatic rings. The minimum atomic E-state index is -0.627. The van der Waals surface area contributed by atoms with E-state index in [1.807, 2.05) is 0 Å². The van der Waals surface area contributed by atoms with Crippen molar-refractivity contribution in [3.63, 3.8) is 0 Å². The van der Waals surface area contributed by atoms with E-state index >= 15 is 0 Å². The molecular weight excluding hydrogens is 407 g/mol. The standard InChI is InChI=1S/C18H20ClFN4O5/c1-27-17-15(18(28-2)24-10-23-17)16(26)22-7-3-6-21-14(25)9-29-11-4-5-12(19)13(20)8-11/h4-5,8,10H,3,6-7,9H2,1-2H3,(H,21,25)(H,22,26). The Morgan fingerprint density at radius 2 is 1.76 bits per heavy atom. The molecule has 1 aromatic heterocycles. The molecule has 0 unspecified atom stereocenters. The summed E-state index contributed by atoms with van der Waals surface area (Å²) in [7, 11) is 2.77. The zero-order valence-corrected chi connectivity index (χ0v) is 16.6. The molecule has 0 fully saturated rings. The molecule has 0 radical (unpaired) electrons. The number of nitrogens with one attached hydrogen (secondary N) is 2. The van der Waals surface area contributed by atoms with E-state index in [0.29, 0.717) is 13.0 Å². The molecule has 0 bridgehead atoms. The quantitative estimate of drug-likeness (QED) is 0.555. The first-order valence-electron chi connectivity index (χ1n) is 8.52. The Morgan fingerprint density at radius 3 is 2.38 bits per heavy atom. The number of carbonyl (C=O) groups is 2. The molecule has 29 heavy (non-hydrogen) atoms. The van der Waals surface area contributed by atoms with Gasteiger partial charge in [0.1, 0.15) is 17.9 Å². The van der Waals surface area contributed by atoms with Crippen molar-refractivity contribution < 1.29 is 28.2 Å². The van der Waals surface area contributed by atoms with E-state index in [0.717, 1.165) is 6.07 Å². The average molecular weight is 427 g/mol. The van der Waals surface area contributed by atoms with Gasteiger partial charge in [0.15, 0.2) is 12.2 Å². The second-order valence-electron chi connectivity index (χ2n) is 5.59. The average Bonchev–Trinajstić information content (AvgIpc) is 2.73. The van der Waals surface area contributed by atoms with Crippen molar-refractivity contribution in [3.05, 3.63) is 40.9 Å². The van der Waals surface area contributed by atoms with Crippen LogP contribution in [0.4, 0.5) is 4.39 Å². The van der Waals surface area contributed by atoms with Crippen LogP contribution in [0, 0.1) is 5.82 Å². The van der Waals surface area contributed by atoms with E-state index in [2.05, 4.69) is 20.6 Å². The molecule has 2 aromatic rings. The topological polar surface area (TPSA) is 112 Å². The summed E-state index contributed by atoms with van der Waals surface area (Å²) < 4.78 is 28.6. The highest BCUT2D eigenvalue weighted by atomic mass is 35.5. The smallest absolute Gasteiger partial charge is 0.262 e. The summed E-state index contributed by atoms with van der Waals surface area (Å²) >= 11 is 5.58. The van der Waals surface area contributed by atoms with Gasteiger partial charge in [-0.2, -0.15) is 0 Å². The number of ether oxygens (including phenoxy) is 3. The van der Waals surface area contributed by atoms with Crippen LogP contribution >= 0.6 is 11.6 Å². The van der Waals surface area contributed by atoms with Crippen LogP contribution in [-0.4, -0.2) is 55.7 Å². The lowest BCUT2D eigenvalue weighted by Gasteiger charge is -2.11. The lowest BCUT2D eigenvalue weighted by Crippen LogP contribution is -2.32. The fourth-order valence-corrected chi connectivity index (χ4v) is 2.35. The third kappa shape index (κ3) is 6.46. The Morgan fingerprint density at radius 1 is 1.10 bits per heavy atom. The van der Waals surface area contributed by atoms with Gasteiger partial charge >= 0.3 is 0 Å². The Labute approximate surface area is 171 Å². The number of carbonyl (C=O) groups excluding carboxylic acids is 2. The molecule has 0 saturated carbocycles. The van der Waals surface area contributed by atoms with Crippen LogP contribution in [0.25, 0.3) is 0 Å². The zero-order chi connectivity index (χ0) is 21.2. The van der Waals surface area contributed by atoms with Crippen LogP contribution in [0.3, 0.4) is 0 Å². The van der Waals surface area contributed by atoms with E-state index < -0.39 is 11.7 Å². The highest BCUT2D eigenvalue weighted by molar-refractivity contribution is 6.30. The fourth-order valence-electron chi connectivity index (χ4n) is 2.23. The minimum Gasteiger partial charge on any atom is -0.484 e. The predicted octanol–water partition coefficient (Wildman–Crippen LogP) is 1.60. The van der Waals surface area contributed by atoms with Crippen LogP contribution in [0.15, 0.2) is 24.5 Å². The van der Waals surface area contributed by atoms with Crippen molar-refractivity contribution in [2.75, 3.05) is 33.9 Å². The molecule has 0 atom stereocenters. The lowest BCUT2D eigenvalue weighted by molar-refractivity contribution is -0.123. The van der Waals surface area contributed by atoms with Crippen molar-refractivity contribution >= 4 is 23.4 Å². The molecule has 2 rings (SSSR count). The first-order chi connectivity index (χ1) is 14.0. The summed E-state index contributed by atoms with van der Waals surface area (Å²) in [5.74, 6) is -1.08. The molecule has 11 heteroatoms. The van der Waals surface area contributed by atoms with Crippen LogP contribution in [0.1, 0.15) is 16.8 Å². The van der Waals surface area contributed by atoms with E-state index in [9.17, 15) is 14.0 Å². The minimum absolute atomic E-state index is 0.0267. The van der Waals surface area contributed by atoms with Gasteiger partial charge in [-0.15, -0.1) is 0 Å². The van der Waals surface area contributed by atoms with Gasteiger partial charge in [0.25, 0.3) is 11.8 Å². The third-order valence-electron chi connectivity index (χ3n) is 3.61. The van der Waals surface area contributed by atoms with Gasteiger partial charge < -0.3 is 24.8 Å². The van der Waals surface area contributed by atoms with Crippen molar-refractivity contribution in [2.45, 2.75) is 6.42 Å². The number of benzene rings is 1. The van der Waals surface area contributed by atoms with Gasteiger partial charge in [-0.05, 0) is 18.6 Å². The third-order valence-corrected chi connectivity index (χ3v) is 3.92. The molecule has 156 valence electrons. The van der Waals surface area contributed by atoms with Crippen molar-refractivity contribution in [1.29, 1.82) is 0 Å². The molecule has 0 aliphatic carbocycles. The Bertz CT molecular complexity index is 846. The molecule has 2 amide bonds. The van der Waals surface area contributed by atoms with E-state index in [1.165, 1.54) is 32.7 Å². The number of methoxy groups -OCH3 is 2. The number of hydrogen-bond donors (Lipinski definition) is 2. The van der Waals surface area contributed by atoms with Crippen LogP contribution in [0.5, 0.6) is 17.5 Å². The molecule has 0 spiro atoms. The number of aromatic nitrogens is 2. The molecule has 2 N–H and O–H groups in total. The van der Waals surface area contributed by atoms with Crippen LogP contribution in [-0.2, 0) is 4.79 Å². The number of nitrogens with zero attached hydrogens (tertiary/aromatic N) is 2. The van der Waals surface area contributed by atoms with Gasteiger partial charge in [-0.25, -0.2) is 14.4 Å². The number of rotatable bonds is 10. The van der Waals surface area contributed by atoms with Crippen molar-refractivity contribution in [3.8, 4) is 17.5 Å². The van der Waals surface area contributed by atoms with Gasteiger partial charge in [-0.1, -0.05) is 11.6 Å². The summed E-state index contributed by atoms with van der Waals surface area (Å²) in [5, 5.41) is 5.28. The normalized spacial score (nSPS) is 10.2. The molecule has 1 aromatic carbocycles. The Hall–Kier alpha value is -3.14. The van der Waals surface area contributed by atoms with Gasteiger partial charge in [0.05, 0.1) is 19.2 Å². The van der Waals surface area contributed by atoms with E-state index in [1.54, 1.807) is 0 Å². The van der Waals surface area contributed by atoms with E-state index in [-0.39, 0.29) is 47.2 Å². The highest BCUT2D eigenvalue weighted by Crippen LogP contribution is 2.23. The first kappa shape index (κ1) is 22.2. The summed E-state index contributed by atoms with van der Waals surface area (Å²) in [6.07, 6.45) is 1.69. The molecule has 0 saturated heterocycles. The monoisotopic (exact) mass is 426 g/mol. The van der Waals surface area contributed by atoms with Crippen LogP contribution in [0.2, 0.25) is 5.02 Å². The number of amides is 2. The maximum absolute atomic E-state index is 13.3. The maximum atomic E-state index is 13.3. The molecule has 1 heterocycles. The molecule has 9 nitrogen and oxygen atoms in total. The largest absolute Gasteiger partial charge is 0.484 e. The van der Waals surface area contributed by atoms with Gasteiger partial charge in [0, 0.05) is 19.2 Å². The lowest BCUT2D eigenvalue weighted by atomic mass is 10.2. The summed E-state index contributed by atoms with van der Waals surface area (Å²) in [4.78, 5) is 31.8. The summed E-state index contributed by atoms with van der Waals surface area (Å²) in [6, 6.07) is 3.90. The second kappa shape index (κ2) is 11.0. The Kier molecular flexibility index (Phi) is 8.41. The van der Waals surface area contributed by atoms with Gasteiger partial charge in [-0.3, -0.25) is 9.59 Å². The molecule has 0 aliphatic heterocycles. The SMILES string of the molecule is COc1ncnc(OC)c1C(=O)NCCCNC(=O)COc1ccc(Cl)c(F)c1. The number of halogens is 2. The highest BCUT2D eigenvalue weighted by Gasteiger charge is 2.20. The Balaban J connectivity index is 1.71. The zero-order valence-electron chi connectivity index (χ0n) is 15.8. The molecular formula is C18H20ClFN4O5. The van der Waals surface area contributed by atoms with E-state index in [4.69, 9.17) is 25.8 Å². The summed E-state index contributed by atoms with van der Waals surface area (Å²) in [6.45, 7) is 0.309. The van der Waals surface area contributed by atoms with Crippen molar-refractivity contribution in [2.24, 2.45) is 0 Å². The predicted molar refractivity (Wildman–Crippen MR) is 102 cm³/mol. The first-order valence-corrected chi connectivity index (χ1v) is 8.89. The number of hydrogen-bond acceptors (Lipinski definition) is 7.